The molecular weight excluding hydrogens is 504 g/mol. The third-order valence-electron chi connectivity index (χ3n) is 6.21. The van der Waals surface area contributed by atoms with Crippen LogP contribution in [0.25, 0.3) is 10.9 Å². The van der Waals surface area contributed by atoms with Crippen LogP contribution in [0.5, 0.6) is 0 Å². The molecule has 1 aromatic heterocycles. The molecule has 1 amide bonds. The lowest BCUT2D eigenvalue weighted by Gasteiger charge is -2.38. The molecule has 2 fully saturated rings. The SMILES string of the molecule is O=C(Nc1ccc(N2CCOCC2)c(Cl)c1)[C@H]1CCN1S(=O)(=O)c1cc(C(F)F)cc2cn[nH]c12. The summed E-state index contributed by atoms with van der Waals surface area (Å²) in [5.41, 5.74) is 0.931. The number of aromatic amines is 1. The van der Waals surface area contributed by atoms with Gasteiger partial charge in [-0.05, 0) is 36.8 Å². The van der Waals surface area contributed by atoms with Crippen molar-refractivity contribution in [2.24, 2.45) is 0 Å². The van der Waals surface area contributed by atoms with Gasteiger partial charge < -0.3 is 15.0 Å². The summed E-state index contributed by atoms with van der Waals surface area (Å²) in [6, 6.07) is 6.24. The minimum atomic E-state index is -4.25. The number of H-pyrrole nitrogens is 1. The van der Waals surface area contributed by atoms with Crippen LogP contribution in [-0.2, 0) is 19.6 Å². The zero-order chi connectivity index (χ0) is 24.7. The van der Waals surface area contributed by atoms with Gasteiger partial charge in [0.1, 0.15) is 10.9 Å². The molecule has 2 N–H and O–H groups in total. The maximum atomic E-state index is 13.4. The predicted molar refractivity (Wildman–Crippen MR) is 126 cm³/mol. The van der Waals surface area contributed by atoms with Gasteiger partial charge in [0.15, 0.2) is 0 Å². The first-order valence-corrected chi connectivity index (χ1v) is 12.8. The maximum absolute atomic E-state index is 13.4. The van der Waals surface area contributed by atoms with E-state index in [9.17, 15) is 22.0 Å². The van der Waals surface area contributed by atoms with Crippen molar-refractivity contribution in [3.8, 4) is 0 Å². The molecule has 35 heavy (non-hydrogen) atoms. The summed E-state index contributed by atoms with van der Waals surface area (Å²) in [6.07, 6.45) is -1.28. The van der Waals surface area contributed by atoms with Gasteiger partial charge >= 0.3 is 0 Å². The second kappa shape index (κ2) is 9.34. The molecule has 13 heteroatoms. The molecule has 2 aliphatic heterocycles. The van der Waals surface area contributed by atoms with E-state index >= 15 is 0 Å². The molecule has 3 heterocycles. The number of anilines is 2. The molecular formula is C22H22ClF2N5O4S. The van der Waals surface area contributed by atoms with Crippen LogP contribution in [0.1, 0.15) is 18.4 Å². The van der Waals surface area contributed by atoms with Crippen molar-refractivity contribution in [2.45, 2.75) is 23.8 Å². The van der Waals surface area contributed by atoms with Crippen molar-refractivity contribution in [3.05, 3.63) is 47.1 Å². The van der Waals surface area contributed by atoms with Gasteiger partial charge in [-0.2, -0.15) is 9.40 Å². The number of halogens is 3. The maximum Gasteiger partial charge on any atom is 0.263 e. The van der Waals surface area contributed by atoms with Gasteiger partial charge in [0, 0.05) is 36.3 Å². The summed E-state index contributed by atoms with van der Waals surface area (Å²) in [6.45, 7) is 2.71. The minimum absolute atomic E-state index is 0.0890. The van der Waals surface area contributed by atoms with Crippen LogP contribution in [0.2, 0.25) is 5.02 Å². The van der Waals surface area contributed by atoms with Crippen molar-refractivity contribution in [2.75, 3.05) is 43.1 Å². The standard InChI is InChI=1S/C22H22ClF2N5O4S/c23-16-11-15(1-2-17(16)29-5-7-34-8-6-29)27-22(31)18-3-4-30(18)35(32,33)19-10-13(21(24)25)9-14-12-26-28-20(14)19/h1-2,9-12,18,21H,3-8H2,(H,26,28)(H,27,31)/t18-/m1/s1. The van der Waals surface area contributed by atoms with Crippen LogP contribution in [0.3, 0.4) is 0 Å². The smallest absolute Gasteiger partial charge is 0.263 e. The average Bonchev–Trinajstić information content (AvgIpc) is 3.26. The summed E-state index contributed by atoms with van der Waals surface area (Å²) in [5, 5.41) is 9.76. The highest BCUT2D eigenvalue weighted by molar-refractivity contribution is 7.89. The molecule has 0 spiro atoms. The van der Waals surface area contributed by atoms with Gasteiger partial charge in [0.2, 0.25) is 15.9 Å². The number of carbonyl (C=O) groups is 1. The van der Waals surface area contributed by atoms with Gasteiger partial charge in [0.25, 0.3) is 6.43 Å². The fourth-order valence-electron chi connectivity index (χ4n) is 4.29. The van der Waals surface area contributed by atoms with Crippen molar-refractivity contribution in [3.63, 3.8) is 0 Å². The number of sulfonamides is 1. The topological polar surface area (TPSA) is 108 Å². The molecule has 0 saturated carbocycles. The molecule has 3 aromatic rings. The Morgan fingerprint density at radius 2 is 1.97 bits per heavy atom. The van der Waals surface area contributed by atoms with E-state index in [1.54, 1.807) is 18.2 Å². The quantitative estimate of drug-likeness (QED) is 0.511. The Kier molecular flexibility index (Phi) is 6.38. The minimum Gasteiger partial charge on any atom is -0.378 e. The fraction of sp³-hybridized carbons (Fsp3) is 0.364. The Balaban J connectivity index is 1.35. The Hall–Kier alpha value is -2.80. The predicted octanol–water partition coefficient (Wildman–Crippen LogP) is 3.39. The lowest BCUT2D eigenvalue weighted by atomic mass is 10.1. The van der Waals surface area contributed by atoms with E-state index in [1.165, 1.54) is 12.3 Å². The van der Waals surface area contributed by atoms with Gasteiger partial charge in [-0.1, -0.05) is 11.6 Å². The number of hydrogen-bond acceptors (Lipinski definition) is 6. The highest BCUT2D eigenvalue weighted by Crippen LogP contribution is 2.35. The third-order valence-corrected chi connectivity index (χ3v) is 8.45. The monoisotopic (exact) mass is 525 g/mol. The number of fused-ring (bicyclic) bond motifs is 1. The second-order valence-corrected chi connectivity index (χ2v) is 10.6. The Bertz CT molecular complexity index is 1380. The Morgan fingerprint density at radius 1 is 1.20 bits per heavy atom. The summed E-state index contributed by atoms with van der Waals surface area (Å²) in [5.74, 6) is -0.527. The van der Waals surface area contributed by atoms with E-state index < -0.39 is 34.0 Å². The number of hydrogen-bond donors (Lipinski definition) is 2. The second-order valence-electron chi connectivity index (χ2n) is 8.33. The van der Waals surface area contributed by atoms with Crippen LogP contribution in [0, 0.1) is 0 Å². The first-order valence-electron chi connectivity index (χ1n) is 11.0. The average molecular weight is 526 g/mol. The van der Waals surface area contributed by atoms with E-state index in [0.717, 1.165) is 16.1 Å². The van der Waals surface area contributed by atoms with Gasteiger partial charge in [0.05, 0.1) is 35.6 Å². The molecule has 0 radical (unpaired) electrons. The molecule has 0 aliphatic carbocycles. The number of carbonyl (C=O) groups excluding carboxylic acids is 1. The van der Waals surface area contributed by atoms with Gasteiger partial charge in [-0.15, -0.1) is 0 Å². The number of nitrogens with zero attached hydrogens (tertiary/aromatic N) is 3. The van der Waals surface area contributed by atoms with Crippen molar-refractivity contribution < 1.29 is 26.7 Å². The van der Waals surface area contributed by atoms with Crippen LogP contribution in [0.15, 0.2) is 41.4 Å². The van der Waals surface area contributed by atoms with Crippen molar-refractivity contribution in [1.29, 1.82) is 0 Å². The molecule has 186 valence electrons. The van der Waals surface area contributed by atoms with Crippen LogP contribution in [-0.4, -0.2) is 67.7 Å². The molecule has 0 unspecified atom stereocenters. The van der Waals surface area contributed by atoms with Gasteiger partial charge in [-0.25, -0.2) is 17.2 Å². The lowest BCUT2D eigenvalue weighted by molar-refractivity contribution is -0.122. The number of nitrogens with one attached hydrogen (secondary N) is 2. The van der Waals surface area contributed by atoms with E-state index in [-0.39, 0.29) is 22.3 Å². The van der Waals surface area contributed by atoms with Gasteiger partial charge in [-0.3, -0.25) is 9.89 Å². The summed E-state index contributed by atoms with van der Waals surface area (Å²) in [7, 11) is -4.25. The molecule has 0 bridgehead atoms. The van der Waals surface area contributed by atoms with E-state index in [1.807, 2.05) is 0 Å². The molecule has 2 aliphatic rings. The normalized spacial score (nSPS) is 19.2. The number of alkyl halides is 2. The zero-order valence-corrected chi connectivity index (χ0v) is 20.0. The van der Waals surface area contributed by atoms with E-state index in [0.29, 0.717) is 43.4 Å². The largest absolute Gasteiger partial charge is 0.378 e. The van der Waals surface area contributed by atoms with Crippen LogP contribution >= 0.6 is 11.6 Å². The summed E-state index contributed by atoms with van der Waals surface area (Å²) < 4.78 is 59.8. The fourth-order valence-corrected chi connectivity index (χ4v) is 6.43. The molecule has 9 nitrogen and oxygen atoms in total. The number of ether oxygens (including phenoxy) is 1. The Labute approximate surface area is 205 Å². The Morgan fingerprint density at radius 3 is 2.63 bits per heavy atom. The third kappa shape index (κ3) is 4.46. The highest BCUT2D eigenvalue weighted by Gasteiger charge is 2.44. The van der Waals surface area contributed by atoms with Crippen molar-refractivity contribution >= 4 is 49.8 Å². The molecule has 5 rings (SSSR count). The first kappa shape index (κ1) is 23.9. The number of aromatic nitrogens is 2. The molecule has 1 atom stereocenters. The highest BCUT2D eigenvalue weighted by atomic mass is 35.5. The zero-order valence-electron chi connectivity index (χ0n) is 18.4. The number of amides is 1. The van der Waals surface area contributed by atoms with Crippen LogP contribution < -0.4 is 10.2 Å². The van der Waals surface area contributed by atoms with Crippen molar-refractivity contribution in [1.82, 2.24) is 14.5 Å². The summed E-state index contributed by atoms with van der Waals surface area (Å²) in [4.78, 5) is 14.7. The summed E-state index contributed by atoms with van der Waals surface area (Å²) >= 11 is 6.43. The van der Waals surface area contributed by atoms with E-state index in [2.05, 4.69) is 20.4 Å². The van der Waals surface area contributed by atoms with E-state index in [4.69, 9.17) is 16.3 Å². The number of morpholine rings is 1. The van der Waals surface area contributed by atoms with Crippen LogP contribution in [0.4, 0.5) is 20.2 Å². The molecule has 2 saturated heterocycles. The molecule has 2 aromatic carbocycles. The number of benzene rings is 2. The lowest BCUT2D eigenvalue weighted by Crippen LogP contribution is -2.56. The first-order chi connectivity index (χ1) is 16.8. The number of rotatable bonds is 6.